The first-order valence-corrected chi connectivity index (χ1v) is 4.74. The number of nitrogens with two attached hydrogens (primary N) is 1. The molecule has 0 bridgehead atoms. The van der Waals surface area contributed by atoms with Crippen LogP contribution in [0.25, 0.3) is 10.8 Å². The maximum absolute atomic E-state index is 8.36. The van der Waals surface area contributed by atoms with Crippen molar-refractivity contribution in [2.75, 3.05) is 12.1 Å². The third kappa shape index (κ3) is 2.96. The highest BCUT2D eigenvalue weighted by atomic mass is 16.3. The molecule has 0 aromatic heterocycles. The second kappa shape index (κ2) is 5.72. The number of anilines is 1. The third-order valence-corrected chi connectivity index (χ3v) is 2.14. The summed E-state index contributed by atoms with van der Waals surface area (Å²) in [6.45, 7) is -0.250. The average Bonchev–Trinajstić information content (AvgIpc) is 2.29. The lowest BCUT2D eigenvalue weighted by atomic mass is 10.1. The van der Waals surface area contributed by atoms with Crippen molar-refractivity contribution in [3.63, 3.8) is 0 Å². The van der Waals surface area contributed by atoms with Crippen LogP contribution >= 0.6 is 0 Å². The molecular formula is C12H14N2O2. The van der Waals surface area contributed by atoms with Crippen molar-refractivity contribution in [3.05, 3.63) is 42.5 Å². The number of nitrogens with zero attached hydrogens (tertiary/aromatic N) is 1. The molecule has 0 heterocycles. The molecule has 2 aromatic rings. The van der Waals surface area contributed by atoms with Gasteiger partial charge in [-0.2, -0.15) is 0 Å². The number of benzene rings is 2. The van der Waals surface area contributed by atoms with Crippen LogP contribution in [0.3, 0.4) is 0 Å². The second-order valence-electron chi connectivity index (χ2n) is 3.25. The van der Waals surface area contributed by atoms with Crippen molar-refractivity contribution in [1.82, 2.24) is 0 Å². The van der Waals surface area contributed by atoms with E-state index in [1.165, 1.54) is 10.8 Å². The van der Waals surface area contributed by atoms with Crippen molar-refractivity contribution in [2.24, 2.45) is 5.84 Å². The summed E-state index contributed by atoms with van der Waals surface area (Å²) in [5, 5.41) is 11.0. The molecular weight excluding hydrogens is 204 g/mol. The molecule has 4 heteroatoms. The van der Waals surface area contributed by atoms with Crippen LogP contribution in [-0.4, -0.2) is 18.6 Å². The van der Waals surface area contributed by atoms with Crippen LogP contribution in [0.2, 0.25) is 0 Å². The molecule has 2 aromatic carbocycles. The Morgan fingerprint density at radius 3 is 2.31 bits per heavy atom. The van der Waals surface area contributed by atoms with Gasteiger partial charge in [0.1, 0.15) is 0 Å². The highest BCUT2D eigenvalue weighted by Gasteiger charge is 1.96. The molecule has 0 spiro atoms. The van der Waals surface area contributed by atoms with Crippen LogP contribution < -0.4 is 10.9 Å². The Labute approximate surface area is 93.9 Å². The van der Waals surface area contributed by atoms with E-state index in [4.69, 9.17) is 15.7 Å². The largest absolute Gasteiger partial charge is 0.483 e. The van der Waals surface area contributed by atoms with Crippen LogP contribution in [0.1, 0.15) is 0 Å². The van der Waals surface area contributed by atoms with Gasteiger partial charge in [0.25, 0.3) is 6.47 Å². The Morgan fingerprint density at radius 2 is 1.75 bits per heavy atom. The average molecular weight is 218 g/mol. The first kappa shape index (κ1) is 12.0. The van der Waals surface area contributed by atoms with Crippen molar-refractivity contribution in [2.45, 2.75) is 0 Å². The molecule has 0 atom stereocenters. The monoisotopic (exact) mass is 218 g/mol. The zero-order chi connectivity index (χ0) is 12.0. The second-order valence-corrected chi connectivity index (χ2v) is 3.25. The number of hydrogen-bond acceptors (Lipinski definition) is 3. The maximum atomic E-state index is 8.36. The maximum Gasteiger partial charge on any atom is 0.290 e. The van der Waals surface area contributed by atoms with Gasteiger partial charge >= 0.3 is 0 Å². The van der Waals surface area contributed by atoms with E-state index in [9.17, 15) is 0 Å². The first-order valence-electron chi connectivity index (χ1n) is 4.74. The van der Waals surface area contributed by atoms with Gasteiger partial charge in [-0.3, -0.25) is 4.79 Å². The summed E-state index contributed by atoms with van der Waals surface area (Å²) >= 11 is 0. The number of rotatable bonds is 1. The fraction of sp³-hybridized carbons (Fsp3) is 0.0833. The normalized spacial score (nSPS) is 9.12. The standard InChI is InChI=1S/C11H12N2.CH2O2/c1-13(12)11-7-6-9-4-2-3-5-10(9)8-11;2-1-3/h2-8H,12H2,1H3;1H,(H,2,3). The molecule has 16 heavy (non-hydrogen) atoms. The smallest absolute Gasteiger partial charge is 0.290 e. The van der Waals surface area contributed by atoms with Crippen LogP contribution in [-0.2, 0) is 4.79 Å². The van der Waals surface area contributed by atoms with E-state index < -0.39 is 0 Å². The van der Waals surface area contributed by atoms with Crippen molar-refractivity contribution in [1.29, 1.82) is 0 Å². The SMILES string of the molecule is CN(N)c1ccc2ccccc2c1.O=CO. The quantitative estimate of drug-likeness (QED) is 0.435. The molecule has 0 saturated heterocycles. The molecule has 0 unspecified atom stereocenters. The number of fused-ring (bicyclic) bond motifs is 1. The summed E-state index contributed by atoms with van der Waals surface area (Å²) in [6, 6.07) is 14.4. The van der Waals surface area contributed by atoms with Crippen LogP contribution in [0.4, 0.5) is 5.69 Å². The zero-order valence-electron chi connectivity index (χ0n) is 9.00. The van der Waals surface area contributed by atoms with E-state index in [0.29, 0.717) is 0 Å². The molecule has 0 saturated carbocycles. The van der Waals surface area contributed by atoms with Gasteiger partial charge in [-0.1, -0.05) is 30.3 Å². The highest BCUT2D eigenvalue weighted by molar-refractivity contribution is 5.85. The van der Waals surface area contributed by atoms with Gasteiger partial charge < -0.3 is 10.1 Å². The molecule has 4 nitrogen and oxygen atoms in total. The highest BCUT2D eigenvalue weighted by Crippen LogP contribution is 2.19. The van der Waals surface area contributed by atoms with Gasteiger partial charge in [-0.05, 0) is 22.9 Å². The number of hydrazine groups is 1. The Kier molecular flexibility index (Phi) is 4.29. The van der Waals surface area contributed by atoms with Gasteiger partial charge in [-0.25, -0.2) is 5.84 Å². The molecule has 0 fully saturated rings. The molecule has 2 rings (SSSR count). The molecule has 0 aliphatic heterocycles. The summed E-state index contributed by atoms with van der Waals surface area (Å²) in [5.41, 5.74) is 1.03. The van der Waals surface area contributed by atoms with Crippen LogP contribution in [0.15, 0.2) is 42.5 Å². The van der Waals surface area contributed by atoms with Gasteiger partial charge in [0.2, 0.25) is 0 Å². The summed E-state index contributed by atoms with van der Waals surface area (Å²) < 4.78 is 0. The molecule has 84 valence electrons. The lowest BCUT2D eigenvalue weighted by Crippen LogP contribution is -2.24. The minimum absolute atomic E-state index is 0.250. The summed E-state index contributed by atoms with van der Waals surface area (Å²) in [5.74, 6) is 5.64. The topological polar surface area (TPSA) is 66.6 Å². The first-order chi connectivity index (χ1) is 7.69. The fourth-order valence-electron chi connectivity index (χ4n) is 1.40. The van der Waals surface area contributed by atoms with Gasteiger partial charge in [0.05, 0.1) is 5.69 Å². The van der Waals surface area contributed by atoms with E-state index in [1.807, 2.05) is 25.2 Å². The Morgan fingerprint density at radius 1 is 1.19 bits per heavy atom. The Hall–Kier alpha value is -2.07. The van der Waals surface area contributed by atoms with Gasteiger partial charge in [-0.15, -0.1) is 0 Å². The Balaban J connectivity index is 0.000000386. The third-order valence-electron chi connectivity index (χ3n) is 2.14. The molecule has 3 N–H and O–H groups in total. The van der Waals surface area contributed by atoms with E-state index in [0.717, 1.165) is 5.69 Å². The molecule has 0 amide bonds. The van der Waals surface area contributed by atoms with Crippen LogP contribution in [0.5, 0.6) is 0 Å². The summed E-state index contributed by atoms with van der Waals surface area (Å²) in [6.07, 6.45) is 0. The van der Waals surface area contributed by atoms with Crippen molar-refractivity contribution in [3.8, 4) is 0 Å². The lowest BCUT2D eigenvalue weighted by molar-refractivity contribution is -0.122. The fourth-order valence-corrected chi connectivity index (χ4v) is 1.40. The van der Waals surface area contributed by atoms with E-state index >= 15 is 0 Å². The van der Waals surface area contributed by atoms with E-state index in [-0.39, 0.29) is 6.47 Å². The number of carboxylic acid groups (broad SMARTS) is 1. The minimum atomic E-state index is -0.250. The Bertz CT molecular complexity index is 469. The zero-order valence-corrected chi connectivity index (χ0v) is 9.00. The van der Waals surface area contributed by atoms with Crippen molar-refractivity contribution >= 4 is 22.9 Å². The minimum Gasteiger partial charge on any atom is -0.483 e. The number of hydrogen-bond donors (Lipinski definition) is 2. The molecule has 0 aliphatic rings. The molecule has 0 radical (unpaired) electrons. The van der Waals surface area contributed by atoms with Gasteiger partial charge in [0.15, 0.2) is 0 Å². The van der Waals surface area contributed by atoms with Gasteiger partial charge in [0, 0.05) is 7.05 Å². The predicted octanol–water partition coefficient (Wildman–Crippen LogP) is 1.85. The number of carbonyl (C=O) groups is 1. The summed E-state index contributed by atoms with van der Waals surface area (Å²) in [7, 11) is 1.84. The van der Waals surface area contributed by atoms with E-state index in [2.05, 4.69) is 24.3 Å². The predicted molar refractivity (Wildman–Crippen MR) is 65.2 cm³/mol. The molecule has 0 aliphatic carbocycles. The van der Waals surface area contributed by atoms with Crippen LogP contribution in [0, 0.1) is 0 Å². The van der Waals surface area contributed by atoms with Crippen molar-refractivity contribution < 1.29 is 9.90 Å². The lowest BCUT2D eigenvalue weighted by Gasteiger charge is -2.12. The van der Waals surface area contributed by atoms with E-state index in [1.54, 1.807) is 5.01 Å². The summed E-state index contributed by atoms with van der Waals surface area (Å²) in [4.78, 5) is 8.36.